The summed E-state index contributed by atoms with van der Waals surface area (Å²) in [5, 5.41) is 13.7. The highest BCUT2D eigenvalue weighted by atomic mass is 16.4. The Bertz CT molecular complexity index is 440. The molecule has 1 aromatic heterocycles. The molecule has 2 heterocycles. The number of amides is 1. The molecule has 1 fully saturated rings. The predicted molar refractivity (Wildman–Crippen MR) is 75.5 cm³/mol. The molecule has 0 bridgehead atoms. The van der Waals surface area contributed by atoms with E-state index >= 15 is 0 Å². The minimum absolute atomic E-state index is 0.113. The van der Waals surface area contributed by atoms with E-state index < -0.39 is 0 Å². The summed E-state index contributed by atoms with van der Waals surface area (Å²) in [4.78, 5) is 14.2. The molecule has 1 amide bonds. The van der Waals surface area contributed by atoms with Crippen LogP contribution in [0.1, 0.15) is 39.0 Å². The average molecular weight is 281 g/mol. The monoisotopic (exact) mass is 281 g/mol. The van der Waals surface area contributed by atoms with E-state index in [4.69, 9.17) is 4.42 Å². The van der Waals surface area contributed by atoms with E-state index in [1.54, 1.807) is 0 Å². The molecule has 0 aromatic carbocycles. The van der Waals surface area contributed by atoms with Crippen LogP contribution in [0.2, 0.25) is 0 Å². The van der Waals surface area contributed by atoms with Gasteiger partial charge in [0.25, 0.3) is 0 Å². The quantitative estimate of drug-likeness (QED) is 0.803. The first-order chi connectivity index (χ1) is 9.60. The number of nitrogens with one attached hydrogen (secondary N) is 2. The molecule has 0 saturated carbocycles. The summed E-state index contributed by atoms with van der Waals surface area (Å²) in [6, 6.07) is 0.610. The standard InChI is InChI=1S/C13H23N5O2/c1-4-18(10-5-6-14-7-10)8-11(19)15-13-17-16-12(20-13)9(2)3/h9-10,14H,4-8H2,1-3H3,(H,15,17,19). The summed E-state index contributed by atoms with van der Waals surface area (Å²) < 4.78 is 5.37. The van der Waals surface area contributed by atoms with Crippen LogP contribution in [0.3, 0.4) is 0 Å². The Morgan fingerprint density at radius 3 is 2.90 bits per heavy atom. The van der Waals surface area contributed by atoms with Crippen LogP contribution in [0.15, 0.2) is 4.42 Å². The first-order valence-corrected chi connectivity index (χ1v) is 7.18. The molecule has 2 N–H and O–H groups in total. The van der Waals surface area contributed by atoms with Crippen LogP contribution < -0.4 is 10.6 Å². The van der Waals surface area contributed by atoms with Crippen molar-refractivity contribution in [2.24, 2.45) is 0 Å². The largest absolute Gasteiger partial charge is 0.408 e. The van der Waals surface area contributed by atoms with E-state index in [1.807, 2.05) is 13.8 Å². The zero-order chi connectivity index (χ0) is 14.5. The lowest BCUT2D eigenvalue weighted by Gasteiger charge is -2.25. The Hall–Kier alpha value is -1.47. The number of carbonyl (C=O) groups is 1. The molecule has 1 aliphatic heterocycles. The molecule has 1 aliphatic rings. The second-order valence-corrected chi connectivity index (χ2v) is 5.36. The third-order valence-corrected chi connectivity index (χ3v) is 3.48. The van der Waals surface area contributed by atoms with Gasteiger partial charge in [-0.1, -0.05) is 25.9 Å². The number of hydrogen-bond donors (Lipinski definition) is 2. The average Bonchev–Trinajstić information content (AvgIpc) is 3.06. The molecule has 2 rings (SSSR count). The molecule has 1 saturated heterocycles. The SMILES string of the molecule is CCN(CC(=O)Nc1nnc(C(C)C)o1)C1CCNC1. The van der Waals surface area contributed by atoms with E-state index in [2.05, 4.69) is 32.7 Å². The number of aromatic nitrogens is 2. The van der Waals surface area contributed by atoms with Crippen LogP contribution in [0.25, 0.3) is 0 Å². The van der Waals surface area contributed by atoms with Gasteiger partial charge in [0, 0.05) is 18.5 Å². The molecule has 1 unspecified atom stereocenters. The van der Waals surface area contributed by atoms with Crippen molar-refractivity contribution in [3.05, 3.63) is 5.89 Å². The van der Waals surface area contributed by atoms with Crippen molar-refractivity contribution in [1.29, 1.82) is 0 Å². The second kappa shape index (κ2) is 6.81. The summed E-state index contributed by atoms with van der Waals surface area (Å²) in [7, 11) is 0. The molecule has 7 heteroatoms. The fourth-order valence-electron chi connectivity index (χ4n) is 2.31. The van der Waals surface area contributed by atoms with Gasteiger partial charge in [0.2, 0.25) is 11.8 Å². The van der Waals surface area contributed by atoms with Crippen molar-refractivity contribution < 1.29 is 9.21 Å². The number of carbonyl (C=O) groups excluding carboxylic acids is 1. The van der Waals surface area contributed by atoms with Crippen LogP contribution in [0.5, 0.6) is 0 Å². The summed E-state index contributed by atoms with van der Waals surface area (Å²) in [6.07, 6.45) is 1.08. The maximum Gasteiger partial charge on any atom is 0.322 e. The van der Waals surface area contributed by atoms with Gasteiger partial charge >= 0.3 is 6.01 Å². The lowest BCUT2D eigenvalue weighted by atomic mass is 10.2. The summed E-state index contributed by atoms with van der Waals surface area (Å²) in [5.74, 6) is 0.579. The van der Waals surface area contributed by atoms with Crippen molar-refractivity contribution in [2.45, 2.75) is 39.2 Å². The van der Waals surface area contributed by atoms with Crippen LogP contribution in [-0.4, -0.2) is 53.2 Å². The number of nitrogens with zero attached hydrogens (tertiary/aromatic N) is 3. The molecule has 0 spiro atoms. The number of rotatable bonds is 6. The topological polar surface area (TPSA) is 83.3 Å². The minimum atomic E-state index is -0.113. The van der Waals surface area contributed by atoms with E-state index in [0.717, 1.165) is 26.1 Å². The Kier molecular flexibility index (Phi) is 5.08. The number of hydrogen-bond acceptors (Lipinski definition) is 6. The van der Waals surface area contributed by atoms with Crippen LogP contribution >= 0.6 is 0 Å². The highest BCUT2D eigenvalue weighted by Crippen LogP contribution is 2.15. The van der Waals surface area contributed by atoms with Crippen molar-refractivity contribution in [3.63, 3.8) is 0 Å². The fraction of sp³-hybridized carbons (Fsp3) is 0.769. The van der Waals surface area contributed by atoms with Crippen molar-refractivity contribution in [2.75, 3.05) is 31.5 Å². The van der Waals surface area contributed by atoms with Gasteiger partial charge in [-0.3, -0.25) is 15.0 Å². The van der Waals surface area contributed by atoms with Gasteiger partial charge in [-0.05, 0) is 19.5 Å². The molecule has 1 atom stereocenters. The van der Waals surface area contributed by atoms with E-state index in [1.165, 1.54) is 0 Å². The molecule has 0 aliphatic carbocycles. The number of likely N-dealkylation sites (N-methyl/N-ethyl adjacent to an activating group) is 1. The van der Waals surface area contributed by atoms with Gasteiger partial charge < -0.3 is 9.73 Å². The van der Waals surface area contributed by atoms with E-state index in [0.29, 0.717) is 18.5 Å². The molecular weight excluding hydrogens is 258 g/mol. The summed E-state index contributed by atoms with van der Waals surface area (Å²) >= 11 is 0. The highest BCUT2D eigenvalue weighted by Gasteiger charge is 2.23. The van der Waals surface area contributed by atoms with Gasteiger partial charge in [0.1, 0.15) is 0 Å². The third-order valence-electron chi connectivity index (χ3n) is 3.48. The molecule has 112 valence electrons. The number of anilines is 1. The van der Waals surface area contributed by atoms with E-state index in [-0.39, 0.29) is 17.8 Å². The maximum atomic E-state index is 12.0. The highest BCUT2D eigenvalue weighted by molar-refractivity contribution is 5.90. The van der Waals surface area contributed by atoms with Gasteiger partial charge in [0.05, 0.1) is 6.54 Å². The normalized spacial score (nSPS) is 18.9. The van der Waals surface area contributed by atoms with Crippen molar-refractivity contribution >= 4 is 11.9 Å². The van der Waals surface area contributed by atoms with Crippen molar-refractivity contribution in [3.8, 4) is 0 Å². The molecule has 1 aromatic rings. The second-order valence-electron chi connectivity index (χ2n) is 5.36. The summed E-state index contributed by atoms with van der Waals surface area (Å²) in [5.41, 5.74) is 0. The fourth-order valence-corrected chi connectivity index (χ4v) is 2.31. The maximum absolute atomic E-state index is 12.0. The van der Waals surface area contributed by atoms with Crippen LogP contribution in [0.4, 0.5) is 6.01 Å². The zero-order valence-corrected chi connectivity index (χ0v) is 12.3. The smallest absolute Gasteiger partial charge is 0.322 e. The van der Waals surface area contributed by atoms with Crippen molar-refractivity contribution in [1.82, 2.24) is 20.4 Å². The predicted octanol–water partition coefficient (Wildman–Crippen LogP) is 0.815. The first-order valence-electron chi connectivity index (χ1n) is 7.18. The van der Waals surface area contributed by atoms with Gasteiger partial charge in [-0.2, -0.15) is 0 Å². The Morgan fingerprint density at radius 1 is 1.55 bits per heavy atom. The minimum Gasteiger partial charge on any atom is -0.408 e. The lowest BCUT2D eigenvalue weighted by molar-refractivity contribution is -0.117. The zero-order valence-electron chi connectivity index (χ0n) is 12.3. The Labute approximate surface area is 119 Å². The third kappa shape index (κ3) is 3.77. The van der Waals surface area contributed by atoms with Gasteiger partial charge in [0.15, 0.2) is 0 Å². The Morgan fingerprint density at radius 2 is 2.35 bits per heavy atom. The molecule has 20 heavy (non-hydrogen) atoms. The summed E-state index contributed by atoms with van der Waals surface area (Å²) in [6.45, 7) is 9.15. The molecule has 0 radical (unpaired) electrons. The van der Waals surface area contributed by atoms with E-state index in [9.17, 15) is 4.79 Å². The van der Waals surface area contributed by atoms with Crippen LogP contribution in [-0.2, 0) is 4.79 Å². The molecular formula is C13H23N5O2. The lowest BCUT2D eigenvalue weighted by Crippen LogP contribution is -2.41. The van der Waals surface area contributed by atoms with Gasteiger partial charge in [-0.25, -0.2) is 0 Å². The van der Waals surface area contributed by atoms with Gasteiger partial charge in [-0.15, -0.1) is 5.10 Å². The first kappa shape index (κ1) is 14.9. The van der Waals surface area contributed by atoms with Crippen LogP contribution in [0, 0.1) is 0 Å². The Balaban J connectivity index is 1.86. The molecule has 7 nitrogen and oxygen atoms in total.